The van der Waals surface area contributed by atoms with Crippen molar-refractivity contribution in [2.24, 2.45) is 0 Å². The van der Waals surface area contributed by atoms with Crippen LogP contribution in [0.25, 0.3) is 0 Å². The van der Waals surface area contributed by atoms with Crippen LogP contribution in [0, 0.1) is 0 Å². The van der Waals surface area contributed by atoms with Crippen molar-refractivity contribution in [1.82, 2.24) is 15.5 Å². The molecule has 0 unspecified atom stereocenters. The summed E-state index contributed by atoms with van der Waals surface area (Å²) in [6, 6.07) is 0.0444. The maximum Gasteiger partial charge on any atom is 0.337 e. The van der Waals surface area contributed by atoms with Gasteiger partial charge in [-0.25, -0.2) is 9.59 Å². The monoisotopic (exact) mass is 239 g/mol. The van der Waals surface area contributed by atoms with E-state index in [1.807, 2.05) is 19.0 Å². The Morgan fingerprint density at radius 2 is 2.18 bits per heavy atom. The molecule has 0 atom stereocenters. The number of carbonyl (C=O) groups is 2. The van der Waals surface area contributed by atoms with Gasteiger partial charge in [0.15, 0.2) is 0 Å². The van der Waals surface area contributed by atoms with E-state index >= 15 is 0 Å². The lowest BCUT2D eigenvalue weighted by atomic mass is 10.2. The van der Waals surface area contributed by atoms with Crippen molar-refractivity contribution in [2.75, 3.05) is 27.2 Å². The van der Waals surface area contributed by atoms with Crippen LogP contribution in [0.5, 0.6) is 0 Å². The van der Waals surface area contributed by atoms with Gasteiger partial charge in [0.25, 0.3) is 0 Å². The van der Waals surface area contributed by atoms with Crippen molar-refractivity contribution in [1.29, 1.82) is 0 Å². The van der Waals surface area contributed by atoms with Gasteiger partial charge in [-0.15, -0.1) is 0 Å². The summed E-state index contributed by atoms with van der Waals surface area (Å²) in [6.07, 6.45) is 2.07. The van der Waals surface area contributed by atoms with Gasteiger partial charge in [0.05, 0.1) is 11.3 Å². The van der Waals surface area contributed by atoms with E-state index in [2.05, 4.69) is 10.6 Å². The Balaban J connectivity index is 1.97. The molecule has 17 heavy (non-hydrogen) atoms. The van der Waals surface area contributed by atoms with Gasteiger partial charge in [0, 0.05) is 12.6 Å². The number of nitrogens with one attached hydrogen (secondary N) is 2. The number of nitrogens with zero attached hydrogens (tertiary/aromatic N) is 1. The van der Waals surface area contributed by atoms with Crippen molar-refractivity contribution in [3.05, 3.63) is 11.3 Å². The minimum atomic E-state index is -0.347. The molecule has 0 aromatic rings. The first-order valence-corrected chi connectivity index (χ1v) is 5.67. The van der Waals surface area contributed by atoms with Crippen LogP contribution in [0.15, 0.2) is 11.3 Å². The first-order valence-electron chi connectivity index (χ1n) is 5.67. The molecule has 1 aliphatic heterocycles. The minimum absolute atomic E-state index is 0.153. The predicted octanol–water partition coefficient (Wildman–Crippen LogP) is -0.179. The second-order valence-electron chi connectivity index (χ2n) is 4.64. The molecule has 6 nitrogen and oxygen atoms in total. The zero-order valence-electron chi connectivity index (χ0n) is 10.1. The van der Waals surface area contributed by atoms with E-state index in [1.54, 1.807) is 0 Å². The number of esters is 1. The fourth-order valence-electron chi connectivity index (χ4n) is 1.61. The number of ether oxygens (including phenoxy) is 1. The maximum absolute atomic E-state index is 11.6. The van der Waals surface area contributed by atoms with E-state index in [1.165, 1.54) is 0 Å². The first kappa shape index (κ1) is 11.9. The van der Waals surface area contributed by atoms with E-state index in [4.69, 9.17) is 4.74 Å². The van der Waals surface area contributed by atoms with Gasteiger partial charge in [-0.1, -0.05) is 0 Å². The van der Waals surface area contributed by atoms with Crippen molar-refractivity contribution in [3.8, 4) is 0 Å². The number of rotatable bonds is 4. The molecule has 1 aliphatic carbocycles. The molecular weight excluding hydrogens is 222 g/mol. The SMILES string of the molecule is CN(C)CC1=C(NC(=O)NC2CC2)COC1=O. The van der Waals surface area contributed by atoms with Gasteiger partial charge >= 0.3 is 12.0 Å². The predicted molar refractivity (Wildman–Crippen MR) is 61.2 cm³/mol. The largest absolute Gasteiger partial charge is 0.456 e. The summed E-state index contributed by atoms with van der Waals surface area (Å²) >= 11 is 0. The van der Waals surface area contributed by atoms with Crippen LogP contribution in [0.2, 0.25) is 0 Å². The topological polar surface area (TPSA) is 70.7 Å². The van der Waals surface area contributed by atoms with Crippen molar-refractivity contribution < 1.29 is 14.3 Å². The lowest BCUT2D eigenvalue weighted by molar-refractivity contribution is -0.136. The lowest BCUT2D eigenvalue weighted by Gasteiger charge is -2.11. The molecule has 1 heterocycles. The molecule has 1 saturated carbocycles. The molecule has 94 valence electrons. The molecule has 6 heteroatoms. The molecule has 0 aromatic carbocycles. The highest BCUT2D eigenvalue weighted by molar-refractivity contribution is 5.93. The molecule has 0 spiro atoms. The Morgan fingerprint density at radius 3 is 2.76 bits per heavy atom. The molecule has 0 bridgehead atoms. The molecule has 1 fully saturated rings. The van der Waals surface area contributed by atoms with Gasteiger partial charge in [-0.3, -0.25) is 0 Å². The molecule has 0 radical (unpaired) electrons. The zero-order valence-corrected chi connectivity index (χ0v) is 10.1. The molecule has 2 amide bonds. The number of likely N-dealkylation sites (N-methyl/N-ethyl adjacent to an activating group) is 1. The minimum Gasteiger partial charge on any atom is -0.456 e. The number of amides is 2. The van der Waals surface area contributed by atoms with Crippen LogP contribution >= 0.6 is 0 Å². The summed E-state index contributed by atoms with van der Waals surface area (Å²) in [6.45, 7) is 0.623. The Bertz CT molecular complexity index is 372. The summed E-state index contributed by atoms with van der Waals surface area (Å²) in [5.41, 5.74) is 1.10. The Hall–Kier alpha value is -1.56. The number of hydrogen-bond acceptors (Lipinski definition) is 4. The summed E-state index contributed by atoms with van der Waals surface area (Å²) in [7, 11) is 3.72. The van der Waals surface area contributed by atoms with E-state index < -0.39 is 0 Å². The molecule has 0 aromatic heterocycles. The fourth-order valence-corrected chi connectivity index (χ4v) is 1.61. The van der Waals surface area contributed by atoms with Crippen LogP contribution in [0.1, 0.15) is 12.8 Å². The smallest absolute Gasteiger partial charge is 0.337 e. The highest BCUT2D eigenvalue weighted by Gasteiger charge is 2.28. The maximum atomic E-state index is 11.6. The van der Waals surface area contributed by atoms with Crippen molar-refractivity contribution >= 4 is 12.0 Å². The van der Waals surface area contributed by atoms with Gasteiger partial charge in [-0.05, 0) is 26.9 Å². The van der Waals surface area contributed by atoms with Gasteiger partial charge in [-0.2, -0.15) is 0 Å². The van der Waals surface area contributed by atoms with Crippen molar-refractivity contribution in [2.45, 2.75) is 18.9 Å². The Morgan fingerprint density at radius 1 is 1.47 bits per heavy atom. The van der Waals surface area contributed by atoms with Crippen LogP contribution in [0.3, 0.4) is 0 Å². The van der Waals surface area contributed by atoms with E-state index in [0.29, 0.717) is 23.9 Å². The second kappa shape index (κ2) is 4.75. The Labute approximate surface area is 100.0 Å². The van der Waals surface area contributed by atoms with Crippen molar-refractivity contribution in [3.63, 3.8) is 0 Å². The molecule has 2 rings (SSSR count). The summed E-state index contributed by atoms with van der Waals surface area (Å²) in [4.78, 5) is 24.9. The van der Waals surface area contributed by atoms with E-state index in [-0.39, 0.29) is 18.6 Å². The van der Waals surface area contributed by atoms with Gasteiger partial charge < -0.3 is 20.3 Å². The van der Waals surface area contributed by atoms with Crippen LogP contribution in [0.4, 0.5) is 4.79 Å². The Kier molecular flexibility index (Phi) is 3.33. The summed E-state index contributed by atoms with van der Waals surface area (Å²) < 4.78 is 4.92. The fraction of sp³-hybridized carbons (Fsp3) is 0.636. The highest BCUT2D eigenvalue weighted by Crippen LogP contribution is 2.19. The van der Waals surface area contributed by atoms with Gasteiger partial charge in [0.1, 0.15) is 6.61 Å². The summed E-state index contributed by atoms with van der Waals surface area (Å²) in [5, 5.41) is 5.50. The zero-order chi connectivity index (χ0) is 12.4. The highest BCUT2D eigenvalue weighted by atomic mass is 16.5. The second-order valence-corrected chi connectivity index (χ2v) is 4.64. The number of carbonyl (C=O) groups excluding carboxylic acids is 2. The number of hydrogen-bond donors (Lipinski definition) is 2. The van der Waals surface area contributed by atoms with Crippen LogP contribution < -0.4 is 10.6 Å². The quantitative estimate of drug-likeness (QED) is 0.668. The normalized spacial score (nSPS) is 19.6. The summed E-state index contributed by atoms with van der Waals surface area (Å²) in [5.74, 6) is -0.347. The third kappa shape index (κ3) is 3.20. The first-order chi connectivity index (χ1) is 8.06. The van der Waals surface area contributed by atoms with E-state index in [9.17, 15) is 9.59 Å². The third-order valence-electron chi connectivity index (χ3n) is 2.61. The standard InChI is InChI=1S/C11H17N3O3/c1-14(2)5-8-9(6-17-10(8)15)13-11(16)12-7-3-4-7/h7H,3-6H2,1-2H3,(H2,12,13,16). The number of cyclic esters (lactones) is 1. The molecule has 2 aliphatic rings. The number of urea groups is 1. The average molecular weight is 239 g/mol. The lowest BCUT2D eigenvalue weighted by Crippen LogP contribution is -2.37. The molecule has 2 N–H and O–H groups in total. The van der Waals surface area contributed by atoms with Gasteiger partial charge in [0.2, 0.25) is 0 Å². The average Bonchev–Trinajstić information content (AvgIpc) is 2.98. The molecule has 0 saturated heterocycles. The van der Waals surface area contributed by atoms with Crippen LogP contribution in [-0.4, -0.2) is 50.2 Å². The third-order valence-corrected chi connectivity index (χ3v) is 2.61. The molecular formula is C11H17N3O3. The van der Waals surface area contributed by atoms with E-state index in [0.717, 1.165) is 12.8 Å². The van der Waals surface area contributed by atoms with Crippen LogP contribution in [-0.2, 0) is 9.53 Å².